The predicted octanol–water partition coefficient (Wildman–Crippen LogP) is 6.55. The Kier molecular flexibility index (Phi) is 8.10. The molecule has 1 amide bonds. The van der Waals surface area contributed by atoms with Gasteiger partial charge in [-0.2, -0.15) is 0 Å². The van der Waals surface area contributed by atoms with Crippen molar-refractivity contribution in [1.29, 1.82) is 0 Å². The van der Waals surface area contributed by atoms with Crippen LogP contribution >= 0.6 is 0 Å². The summed E-state index contributed by atoms with van der Waals surface area (Å²) in [5.41, 5.74) is 25.9. The average molecular weight is 596 g/mol. The molecule has 4 aromatic carbocycles. The van der Waals surface area contributed by atoms with Crippen LogP contribution in [0.4, 0.5) is 5.69 Å². The van der Waals surface area contributed by atoms with Crippen LogP contribution in [0.5, 0.6) is 0 Å². The molecule has 0 fully saturated rings. The molecule has 0 spiro atoms. The molecule has 0 saturated heterocycles. The second-order valence-electron chi connectivity index (χ2n) is 11.5. The maximum absolute atomic E-state index is 11.0. The maximum atomic E-state index is 11.0. The number of quaternary nitrogens is 1. The lowest BCUT2D eigenvalue weighted by molar-refractivity contribution is -0.110. The van der Waals surface area contributed by atoms with Crippen molar-refractivity contribution in [3.8, 4) is 0 Å². The number of hydrazine groups is 1. The lowest BCUT2D eigenvalue weighted by Gasteiger charge is -2.37. The van der Waals surface area contributed by atoms with Crippen LogP contribution in [-0.2, 0) is 17.9 Å². The number of hydrogen-bond acceptors (Lipinski definition) is 5. The second-order valence-corrected chi connectivity index (χ2v) is 11.5. The van der Waals surface area contributed by atoms with Gasteiger partial charge in [-0.1, -0.05) is 97.6 Å². The fourth-order valence-corrected chi connectivity index (χ4v) is 6.47. The van der Waals surface area contributed by atoms with Gasteiger partial charge in [0, 0.05) is 36.7 Å². The third kappa shape index (κ3) is 5.32. The number of allylic oxidation sites excluding steroid dienone is 8. The fourth-order valence-electron chi connectivity index (χ4n) is 6.47. The predicted molar refractivity (Wildman–Crippen MR) is 187 cm³/mol. The SMILES string of the molecule is C=C(/C=C\C)/C(=C1/C=CC(=C)C1C)c1ccc(C2=C[N+](N)(c3ccc4c(CN)c5ccccc5c(CNNC=O)c4c3)N2)cc1. The molecule has 2 unspecified atom stereocenters. The van der Waals surface area contributed by atoms with E-state index in [0.29, 0.717) is 19.5 Å². The van der Waals surface area contributed by atoms with Crippen LogP contribution < -0.4 is 32.6 Å². The highest BCUT2D eigenvalue weighted by Crippen LogP contribution is 2.40. The van der Waals surface area contributed by atoms with Crippen molar-refractivity contribution in [2.75, 3.05) is 0 Å². The Bertz CT molecular complexity index is 1980. The van der Waals surface area contributed by atoms with Gasteiger partial charge >= 0.3 is 0 Å². The smallest absolute Gasteiger partial charge is 0.221 e. The number of carbonyl (C=O) groups is 1. The van der Waals surface area contributed by atoms with Gasteiger partial charge in [0.05, 0.1) is 0 Å². The first-order valence-electron chi connectivity index (χ1n) is 15.1. The molecule has 226 valence electrons. The molecular weight excluding hydrogens is 556 g/mol. The first kappa shape index (κ1) is 30.0. The van der Waals surface area contributed by atoms with E-state index in [4.69, 9.17) is 11.6 Å². The molecule has 1 aliphatic heterocycles. The summed E-state index contributed by atoms with van der Waals surface area (Å²) >= 11 is 0. The van der Waals surface area contributed by atoms with Crippen molar-refractivity contribution in [3.05, 3.63) is 149 Å². The summed E-state index contributed by atoms with van der Waals surface area (Å²) in [6, 6.07) is 23.0. The molecule has 6 rings (SSSR count). The van der Waals surface area contributed by atoms with Crippen molar-refractivity contribution in [3.63, 3.8) is 0 Å². The van der Waals surface area contributed by atoms with Gasteiger partial charge in [-0.3, -0.25) is 10.2 Å². The van der Waals surface area contributed by atoms with Gasteiger partial charge in [-0.15, -0.1) is 5.84 Å². The van der Waals surface area contributed by atoms with E-state index in [-0.39, 0.29) is 10.6 Å². The molecule has 0 bridgehead atoms. The highest BCUT2D eigenvalue weighted by Gasteiger charge is 2.37. The number of nitrogens with one attached hydrogen (secondary N) is 3. The maximum Gasteiger partial charge on any atom is 0.221 e. The summed E-state index contributed by atoms with van der Waals surface area (Å²) in [6.45, 7) is 13.6. The molecule has 0 saturated carbocycles. The van der Waals surface area contributed by atoms with E-state index in [0.717, 1.165) is 71.9 Å². The average Bonchev–Trinajstić information content (AvgIpc) is 3.36. The molecule has 7 N–H and O–H groups in total. The zero-order valence-electron chi connectivity index (χ0n) is 25.7. The van der Waals surface area contributed by atoms with Crippen LogP contribution in [0, 0.1) is 5.92 Å². The van der Waals surface area contributed by atoms with Crippen molar-refractivity contribution >= 4 is 44.9 Å². The Morgan fingerprint density at radius 1 is 1.00 bits per heavy atom. The summed E-state index contributed by atoms with van der Waals surface area (Å²) in [6.07, 6.45) is 11.0. The van der Waals surface area contributed by atoms with Gasteiger partial charge in [0.25, 0.3) is 0 Å². The van der Waals surface area contributed by atoms with E-state index >= 15 is 0 Å². The Hall–Kier alpha value is -5.05. The van der Waals surface area contributed by atoms with Gasteiger partial charge < -0.3 is 5.73 Å². The molecule has 7 heteroatoms. The monoisotopic (exact) mass is 595 g/mol. The van der Waals surface area contributed by atoms with E-state index in [1.807, 2.05) is 37.4 Å². The normalized spacial score (nSPS) is 20.3. The molecule has 2 atom stereocenters. The van der Waals surface area contributed by atoms with Crippen LogP contribution in [-0.4, -0.2) is 6.41 Å². The quantitative estimate of drug-likeness (QED) is 0.0272. The number of benzene rings is 4. The highest BCUT2D eigenvalue weighted by atomic mass is 16.1. The summed E-state index contributed by atoms with van der Waals surface area (Å²) < 4.78 is -0.0465. The minimum absolute atomic E-state index is 0.0465. The summed E-state index contributed by atoms with van der Waals surface area (Å²) in [5, 5.41) is 4.28. The first-order valence-corrected chi connectivity index (χ1v) is 15.1. The van der Waals surface area contributed by atoms with E-state index in [2.05, 4.69) is 103 Å². The Morgan fingerprint density at radius 3 is 2.31 bits per heavy atom. The molecule has 0 aromatic heterocycles. The van der Waals surface area contributed by atoms with Gasteiger partial charge in [0.15, 0.2) is 17.6 Å². The topological polar surface area (TPSA) is 105 Å². The van der Waals surface area contributed by atoms with Crippen molar-refractivity contribution in [1.82, 2.24) is 21.0 Å². The number of rotatable bonds is 10. The van der Waals surface area contributed by atoms with Crippen LogP contribution in [0.15, 0.2) is 127 Å². The molecule has 7 nitrogen and oxygen atoms in total. The van der Waals surface area contributed by atoms with E-state index in [9.17, 15) is 4.79 Å². The Labute approximate surface area is 264 Å². The second kappa shape index (κ2) is 12.1. The largest absolute Gasteiger partial charge is 0.326 e. The number of nitrogens with zero attached hydrogens (tertiary/aromatic N) is 1. The molecule has 1 aliphatic carbocycles. The number of carbonyl (C=O) groups excluding carboxylic acids is 1. The van der Waals surface area contributed by atoms with Crippen molar-refractivity contribution in [2.24, 2.45) is 17.5 Å². The third-order valence-corrected chi connectivity index (χ3v) is 8.89. The molecular formula is C38H39N6O+. The van der Waals surface area contributed by atoms with E-state index in [1.54, 1.807) is 0 Å². The van der Waals surface area contributed by atoms with Crippen molar-refractivity contribution < 1.29 is 4.79 Å². The minimum Gasteiger partial charge on any atom is -0.326 e. The number of amides is 1. The highest BCUT2D eigenvalue weighted by molar-refractivity contribution is 6.06. The number of hydrogen-bond donors (Lipinski definition) is 5. The van der Waals surface area contributed by atoms with E-state index in [1.165, 1.54) is 5.57 Å². The van der Waals surface area contributed by atoms with Gasteiger partial charge in [0.1, 0.15) is 0 Å². The van der Waals surface area contributed by atoms with Crippen LogP contribution in [0.1, 0.15) is 36.1 Å². The summed E-state index contributed by atoms with van der Waals surface area (Å²) in [4.78, 5) is 11.0. The van der Waals surface area contributed by atoms with Gasteiger partial charge in [-0.05, 0) is 73.5 Å². The first-order chi connectivity index (χ1) is 21.8. The van der Waals surface area contributed by atoms with Gasteiger partial charge in [-0.25, -0.2) is 10.9 Å². The van der Waals surface area contributed by atoms with Gasteiger partial charge in [0.2, 0.25) is 6.41 Å². The Morgan fingerprint density at radius 2 is 1.69 bits per heavy atom. The Balaban J connectivity index is 1.35. The van der Waals surface area contributed by atoms with Crippen LogP contribution in [0.3, 0.4) is 0 Å². The minimum atomic E-state index is -0.0465. The number of fused-ring (bicyclic) bond motifs is 2. The van der Waals surface area contributed by atoms with E-state index < -0.39 is 0 Å². The molecule has 1 heterocycles. The van der Waals surface area contributed by atoms with Crippen molar-refractivity contribution in [2.45, 2.75) is 26.9 Å². The fraction of sp³-hybridized carbons (Fsp3) is 0.132. The van der Waals surface area contributed by atoms with Crippen LogP contribution in [0.25, 0.3) is 32.8 Å². The third-order valence-electron chi connectivity index (χ3n) is 8.89. The zero-order valence-corrected chi connectivity index (χ0v) is 25.7. The molecule has 2 aliphatic rings. The summed E-state index contributed by atoms with van der Waals surface area (Å²) in [7, 11) is 0. The molecule has 45 heavy (non-hydrogen) atoms. The molecule has 0 radical (unpaired) electrons. The molecule has 4 aromatic rings. The van der Waals surface area contributed by atoms with Crippen LogP contribution in [0.2, 0.25) is 0 Å². The lowest BCUT2D eigenvalue weighted by Crippen LogP contribution is -2.66. The number of nitrogens with two attached hydrogens (primary N) is 2. The standard InChI is InChI=1S/C38H38N6O/c1-5-8-25(3)38(30-17-11-24(2)26(30)4)28-14-12-27(13-15-28)37-22-44(40,43-37)29-16-18-33-34(19-29)36(21-41-42-23-45)32-10-7-6-9-31(32)35(33)20-39/h5-19,22-23,26,41,43H,2-3,20-21,39-40H2,1,4H3/p+1/b8-5-,38-30+. The zero-order chi connectivity index (χ0) is 31.7. The summed E-state index contributed by atoms with van der Waals surface area (Å²) in [5.74, 6) is 7.11. The lowest BCUT2D eigenvalue weighted by atomic mass is 9.87.